The van der Waals surface area contributed by atoms with E-state index in [1.165, 1.54) is 31.4 Å². The Morgan fingerprint density at radius 1 is 1.05 bits per heavy atom. The smallest absolute Gasteiger partial charge is 0.0477 e. The Kier molecular flexibility index (Phi) is 8.56. The van der Waals surface area contributed by atoms with Crippen LogP contribution in [0.4, 0.5) is 0 Å². The zero-order valence-electron chi connectivity index (χ0n) is 13.7. The van der Waals surface area contributed by atoms with Gasteiger partial charge < -0.3 is 5.32 Å². The van der Waals surface area contributed by atoms with Crippen LogP contribution < -0.4 is 5.32 Å². The van der Waals surface area contributed by atoms with Crippen LogP contribution in [0.25, 0.3) is 0 Å². The van der Waals surface area contributed by atoms with E-state index in [-0.39, 0.29) is 0 Å². The molecule has 0 bridgehead atoms. The maximum absolute atomic E-state index is 3.70. The molecule has 114 valence electrons. The second kappa shape index (κ2) is 9.95. The lowest BCUT2D eigenvalue weighted by molar-refractivity contribution is 0.157. The third-order valence-electron chi connectivity index (χ3n) is 4.06. The third-order valence-corrected chi connectivity index (χ3v) is 4.06. The van der Waals surface area contributed by atoms with Crippen LogP contribution in [-0.2, 0) is 0 Å². The molecular formula is C18H32N2. The molecule has 0 aliphatic heterocycles. The summed E-state index contributed by atoms with van der Waals surface area (Å²) in [5, 5.41) is 3.70. The van der Waals surface area contributed by atoms with Gasteiger partial charge in [-0.1, -0.05) is 64.4 Å². The van der Waals surface area contributed by atoms with E-state index in [9.17, 15) is 0 Å². The van der Waals surface area contributed by atoms with E-state index in [2.05, 4.69) is 68.2 Å². The number of nitrogens with zero attached hydrogens (tertiary/aromatic N) is 1. The molecule has 0 spiro atoms. The maximum Gasteiger partial charge on any atom is 0.0477 e. The summed E-state index contributed by atoms with van der Waals surface area (Å²) in [6, 6.07) is 11.9. The summed E-state index contributed by atoms with van der Waals surface area (Å²) >= 11 is 0. The SMILES string of the molecule is CCCCN(CC)C(CC)C(NCC)c1ccccc1. The number of likely N-dealkylation sites (N-methyl/N-ethyl adjacent to an activating group) is 2. The summed E-state index contributed by atoms with van der Waals surface area (Å²) in [6.07, 6.45) is 3.74. The Morgan fingerprint density at radius 2 is 1.75 bits per heavy atom. The Hall–Kier alpha value is -0.860. The fourth-order valence-electron chi connectivity index (χ4n) is 2.98. The molecule has 1 N–H and O–H groups in total. The fourth-order valence-corrected chi connectivity index (χ4v) is 2.98. The average molecular weight is 276 g/mol. The van der Waals surface area contributed by atoms with Crippen molar-refractivity contribution in [3.05, 3.63) is 35.9 Å². The summed E-state index contributed by atoms with van der Waals surface area (Å²) in [4.78, 5) is 2.64. The lowest BCUT2D eigenvalue weighted by Crippen LogP contribution is -2.45. The van der Waals surface area contributed by atoms with Gasteiger partial charge in [0.25, 0.3) is 0 Å². The van der Waals surface area contributed by atoms with Gasteiger partial charge in [0.05, 0.1) is 0 Å². The molecule has 0 aliphatic carbocycles. The fraction of sp³-hybridized carbons (Fsp3) is 0.667. The minimum atomic E-state index is 0.433. The molecule has 1 aromatic rings. The van der Waals surface area contributed by atoms with Crippen LogP contribution >= 0.6 is 0 Å². The summed E-state index contributed by atoms with van der Waals surface area (Å²) in [7, 11) is 0. The van der Waals surface area contributed by atoms with Crippen molar-refractivity contribution in [2.75, 3.05) is 19.6 Å². The van der Waals surface area contributed by atoms with Gasteiger partial charge >= 0.3 is 0 Å². The summed E-state index contributed by atoms with van der Waals surface area (Å²) in [6.45, 7) is 12.4. The Morgan fingerprint density at radius 3 is 2.25 bits per heavy atom. The van der Waals surface area contributed by atoms with Gasteiger partial charge in [0.15, 0.2) is 0 Å². The highest BCUT2D eigenvalue weighted by atomic mass is 15.2. The predicted molar refractivity (Wildman–Crippen MR) is 89.1 cm³/mol. The molecule has 2 nitrogen and oxygen atoms in total. The predicted octanol–water partition coefficient (Wildman–Crippen LogP) is 4.24. The van der Waals surface area contributed by atoms with Crippen LogP contribution in [-0.4, -0.2) is 30.6 Å². The van der Waals surface area contributed by atoms with Crippen molar-refractivity contribution in [2.24, 2.45) is 0 Å². The zero-order chi connectivity index (χ0) is 14.8. The quantitative estimate of drug-likeness (QED) is 0.687. The molecule has 1 aromatic carbocycles. The van der Waals surface area contributed by atoms with Gasteiger partial charge in [0.1, 0.15) is 0 Å². The first-order valence-electron chi connectivity index (χ1n) is 8.30. The van der Waals surface area contributed by atoms with Crippen molar-refractivity contribution in [3.8, 4) is 0 Å². The van der Waals surface area contributed by atoms with Crippen molar-refractivity contribution in [3.63, 3.8) is 0 Å². The van der Waals surface area contributed by atoms with Gasteiger partial charge in [-0.3, -0.25) is 4.90 Å². The summed E-state index contributed by atoms with van der Waals surface area (Å²) in [5.41, 5.74) is 1.41. The van der Waals surface area contributed by atoms with E-state index < -0.39 is 0 Å². The van der Waals surface area contributed by atoms with Crippen LogP contribution in [0.5, 0.6) is 0 Å². The number of benzene rings is 1. The first-order chi connectivity index (χ1) is 9.78. The molecule has 0 saturated carbocycles. The second-order valence-corrected chi connectivity index (χ2v) is 5.40. The third kappa shape index (κ3) is 4.92. The van der Waals surface area contributed by atoms with Crippen molar-refractivity contribution < 1.29 is 0 Å². The molecule has 0 aromatic heterocycles. The van der Waals surface area contributed by atoms with Gasteiger partial charge in [0, 0.05) is 12.1 Å². The number of hydrogen-bond acceptors (Lipinski definition) is 2. The molecule has 0 amide bonds. The molecule has 0 aliphatic rings. The Labute approximate surface area is 125 Å². The van der Waals surface area contributed by atoms with E-state index in [0.29, 0.717) is 12.1 Å². The number of hydrogen-bond donors (Lipinski definition) is 1. The molecule has 2 heteroatoms. The van der Waals surface area contributed by atoms with E-state index in [1.807, 2.05) is 0 Å². The molecular weight excluding hydrogens is 244 g/mol. The molecule has 0 heterocycles. The number of rotatable bonds is 10. The zero-order valence-corrected chi connectivity index (χ0v) is 13.7. The molecule has 2 atom stereocenters. The normalized spacial score (nSPS) is 14.4. The number of nitrogens with one attached hydrogen (secondary N) is 1. The van der Waals surface area contributed by atoms with Crippen LogP contribution in [0.3, 0.4) is 0 Å². The van der Waals surface area contributed by atoms with E-state index in [4.69, 9.17) is 0 Å². The lowest BCUT2D eigenvalue weighted by Gasteiger charge is -2.37. The minimum Gasteiger partial charge on any atom is -0.309 e. The Balaban J connectivity index is 2.90. The minimum absolute atomic E-state index is 0.433. The first kappa shape index (κ1) is 17.2. The molecule has 0 fully saturated rings. The highest BCUT2D eigenvalue weighted by Crippen LogP contribution is 2.24. The van der Waals surface area contributed by atoms with Crippen molar-refractivity contribution in [1.82, 2.24) is 10.2 Å². The summed E-state index contributed by atoms with van der Waals surface area (Å²) < 4.78 is 0. The van der Waals surface area contributed by atoms with Gasteiger partial charge in [-0.25, -0.2) is 0 Å². The topological polar surface area (TPSA) is 15.3 Å². The number of unbranched alkanes of at least 4 members (excludes halogenated alkanes) is 1. The van der Waals surface area contributed by atoms with E-state index >= 15 is 0 Å². The van der Waals surface area contributed by atoms with Crippen LogP contribution in [0.1, 0.15) is 58.6 Å². The molecule has 20 heavy (non-hydrogen) atoms. The molecule has 1 rings (SSSR count). The maximum atomic E-state index is 3.70. The first-order valence-corrected chi connectivity index (χ1v) is 8.30. The van der Waals surface area contributed by atoms with Crippen LogP contribution in [0.15, 0.2) is 30.3 Å². The Bertz CT molecular complexity index is 337. The van der Waals surface area contributed by atoms with E-state index in [0.717, 1.165) is 13.1 Å². The van der Waals surface area contributed by atoms with Crippen molar-refractivity contribution >= 4 is 0 Å². The van der Waals surface area contributed by atoms with Gasteiger partial charge in [0.2, 0.25) is 0 Å². The molecule has 0 radical (unpaired) electrons. The summed E-state index contributed by atoms with van der Waals surface area (Å²) in [5.74, 6) is 0. The second-order valence-electron chi connectivity index (χ2n) is 5.40. The van der Waals surface area contributed by atoms with Crippen molar-refractivity contribution in [2.45, 2.75) is 59.0 Å². The van der Waals surface area contributed by atoms with E-state index in [1.54, 1.807) is 0 Å². The van der Waals surface area contributed by atoms with Gasteiger partial charge in [-0.05, 0) is 38.0 Å². The van der Waals surface area contributed by atoms with Crippen molar-refractivity contribution in [1.29, 1.82) is 0 Å². The standard InChI is InChI=1S/C18H32N2/c1-5-9-15-20(8-4)17(6-2)18(19-7-3)16-13-11-10-12-14-16/h10-14,17-19H,5-9,15H2,1-4H3. The molecule has 0 saturated heterocycles. The highest BCUT2D eigenvalue weighted by molar-refractivity contribution is 5.20. The highest BCUT2D eigenvalue weighted by Gasteiger charge is 2.25. The van der Waals surface area contributed by atoms with Crippen LogP contribution in [0.2, 0.25) is 0 Å². The average Bonchev–Trinajstić information content (AvgIpc) is 2.50. The van der Waals surface area contributed by atoms with Gasteiger partial charge in [-0.15, -0.1) is 0 Å². The van der Waals surface area contributed by atoms with Gasteiger partial charge in [-0.2, -0.15) is 0 Å². The largest absolute Gasteiger partial charge is 0.309 e. The molecule has 2 unspecified atom stereocenters. The van der Waals surface area contributed by atoms with Crippen LogP contribution in [0, 0.1) is 0 Å². The lowest BCUT2D eigenvalue weighted by atomic mass is 9.95. The monoisotopic (exact) mass is 276 g/mol.